The van der Waals surface area contributed by atoms with E-state index in [0.717, 1.165) is 0 Å². The van der Waals surface area contributed by atoms with E-state index >= 15 is 0 Å². The number of hydrogen-bond acceptors (Lipinski definition) is 4. The van der Waals surface area contributed by atoms with E-state index in [0.29, 0.717) is 0 Å². The van der Waals surface area contributed by atoms with Gasteiger partial charge in [-0.3, -0.25) is 10.5 Å². The molecule has 0 saturated heterocycles. The Kier molecular flexibility index (Phi) is 3.12. The zero-order valence-corrected chi connectivity index (χ0v) is 7.51. The molecule has 0 heterocycles. The summed E-state index contributed by atoms with van der Waals surface area (Å²) >= 11 is 0. The van der Waals surface area contributed by atoms with Crippen molar-refractivity contribution in [3.05, 3.63) is 24.3 Å². The average molecular weight is 210 g/mol. The summed E-state index contributed by atoms with van der Waals surface area (Å²) in [5.74, 6) is -2.77. The third kappa shape index (κ3) is 2.87. The van der Waals surface area contributed by atoms with Crippen LogP contribution in [0.15, 0.2) is 24.3 Å². The van der Waals surface area contributed by atoms with Crippen LogP contribution in [0.3, 0.4) is 0 Å². The summed E-state index contributed by atoms with van der Waals surface area (Å²) < 4.78 is 4.74. The molecule has 1 aromatic carbocycles. The summed E-state index contributed by atoms with van der Waals surface area (Å²) in [6, 6.07) is 5.16. The molecular weight excluding hydrogens is 202 g/mol. The van der Waals surface area contributed by atoms with Gasteiger partial charge in [0.05, 0.1) is 0 Å². The van der Waals surface area contributed by atoms with Crippen molar-refractivity contribution < 1.29 is 24.5 Å². The Bertz CT molecular complexity index is 359. The lowest BCUT2D eigenvalue weighted by molar-refractivity contribution is -0.150. The summed E-state index contributed by atoms with van der Waals surface area (Å²) in [4.78, 5) is 21.1. The molecule has 1 atom stereocenters. The second kappa shape index (κ2) is 4.32. The molecular formula is C9H8NO5. The van der Waals surface area contributed by atoms with Crippen molar-refractivity contribution in [1.82, 2.24) is 5.73 Å². The SMILES string of the molecule is [NH]C(=O)C(Oc1ccc(O)cc1)C(=O)O. The molecule has 1 unspecified atom stereocenters. The highest BCUT2D eigenvalue weighted by molar-refractivity contribution is 5.99. The number of aromatic hydroxyl groups is 1. The predicted molar refractivity (Wildman–Crippen MR) is 48.3 cm³/mol. The first-order chi connectivity index (χ1) is 7.00. The summed E-state index contributed by atoms with van der Waals surface area (Å²) in [6.45, 7) is 0. The topological polar surface area (TPSA) is 108 Å². The number of phenolic OH excluding ortho intramolecular Hbond substituents is 1. The molecule has 0 aliphatic carbocycles. The van der Waals surface area contributed by atoms with E-state index in [1.807, 2.05) is 0 Å². The van der Waals surface area contributed by atoms with Crippen molar-refractivity contribution >= 4 is 11.9 Å². The number of amides is 1. The highest BCUT2D eigenvalue weighted by Crippen LogP contribution is 2.17. The average Bonchev–Trinajstić information content (AvgIpc) is 2.15. The highest BCUT2D eigenvalue weighted by Gasteiger charge is 2.26. The van der Waals surface area contributed by atoms with Gasteiger partial charge < -0.3 is 14.9 Å². The first kappa shape index (κ1) is 10.8. The number of carbonyl (C=O) groups is 2. The largest absolute Gasteiger partial charge is 0.508 e. The van der Waals surface area contributed by atoms with Gasteiger partial charge >= 0.3 is 5.97 Å². The molecule has 0 aliphatic rings. The van der Waals surface area contributed by atoms with Crippen LogP contribution in [0, 0.1) is 0 Å². The highest BCUT2D eigenvalue weighted by atomic mass is 16.5. The standard InChI is InChI=1S/C9H8NO5/c10-8(12)7(9(13)14)15-6-3-1-5(11)2-4-6/h1-4,7,10-11H,(H,13,14). The van der Waals surface area contributed by atoms with E-state index in [9.17, 15) is 9.59 Å². The van der Waals surface area contributed by atoms with Gasteiger partial charge in [0.1, 0.15) is 11.5 Å². The van der Waals surface area contributed by atoms with Crippen LogP contribution in [0.2, 0.25) is 0 Å². The number of phenols is 1. The van der Waals surface area contributed by atoms with Crippen LogP contribution in [0.4, 0.5) is 0 Å². The molecule has 0 fully saturated rings. The predicted octanol–water partition coefficient (Wildman–Crippen LogP) is 0.0337. The second-order valence-corrected chi connectivity index (χ2v) is 2.69. The van der Waals surface area contributed by atoms with Crippen molar-refractivity contribution in [1.29, 1.82) is 0 Å². The summed E-state index contributed by atoms with van der Waals surface area (Å²) in [5.41, 5.74) is 6.66. The molecule has 1 aromatic rings. The van der Waals surface area contributed by atoms with Crippen LogP contribution in [0.1, 0.15) is 0 Å². The number of benzene rings is 1. The molecule has 15 heavy (non-hydrogen) atoms. The maximum absolute atomic E-state index is 10.6. The van der Waals surface area contributed by atoms with Crippen LogP contribution in [0.25, 0.3) is 0 Å². The van der Waals surface area contributed by atoms with E-state index < -0.39 is 18.0 Å². The third-order valence-electron chi connectivity index (χ3n) is 1.55. The number of carboxylic acid groups (broad SMARTS) is 1. The zero-order chi connectivity index (χ0) is 11.4. The smallest absolute Gasteiger partial charge is 0.355 e. The van der Waals surface area contributed by atoms with Crippen molar-refractivity contribution in [2.75, 3.05) is 0 Å². The van der Waals surface area contributed by atoms with E-state index in [4.69, 9.17) is 20.7 Å². The molecule has 0 bridgehead atoms. The molecule has 1 amide bonds. The number of nitrogens with one attached hydrogen (secondary N) is 1. The molecule has 3 N–H and O–H groups in total. The van der Waals surface area contributed by atoms with Gasteiger partial charge in [0.25, 0.3) is 12.0 Å². The van der Waals surface area contributed by atoms with Crippen LogP contribution >= 0.6 is 0 Å². The minimum Gasteiger partial charge on any atom is -0.508 e. The fraction of sp³-hybridized carbons (Fsp3) is 0.111. The van der Waals surface area contributed by atoms with Gasteiger partial charge in [-0.05, 0) is 24.3 Å². The van der Waals surface area contributed by atoms with Gasteiger partial charge in [-0.25, -0.2) is 4.79 Å². The lowest BCUT2D eigenvalue weighted by atomic mass is 10.3. The van der Waals surface area contributed by atoms with Gasteiger partial charge in [-0.1, -0.05) is 0 Å². The number of rotatable bonds is 4. The normalized spacial score (nSPS) is 11.7. The number of carbonyl (C=O) groups excluding carboxylic acids is 1. The maximum atomic E-state index is 10.6. The van der Waals surface area contributed by atoms with Gasteiger partial charge in [0.2, 0.25) is 0 Å². The van der Waals surface area contributed by atoms with Crippen LogP contribution in [0.5, 0.6) is 11.5 Å². The lowest BCUT2D eigenvalue weighted by Gasteiger charge is -2.10. The van der Waals surface area contributed by atoms with Crippen LogP contribution in [-0.2, 0) is 9.59 Å². The minimum absolute atomic E-state index is 0.00794. The molecule has 0 aromatic heterocycles. The van der Waals surface area contributed by atoms with Crippen molar-refractivity contribution in [2.45, 2.75) is 6.10 Å². The summed E-state index contributed by atoms with van der Waals surface area (Å²) in [6.07, 6.45) is -1.84. The number of hydrogen-bond donors (Lipinski definition) is 2. The molecule has 0 saturated carbocycles. The number of carboxylic acids is 1. The monoisotopic (exact) mass is 210 g/mol. The number of aliphatic carboxylic acids is 1. The fourth-order valence-electron chi connectivity index (χ4n) is 0.877. The molecule has 6 nitrogen and oxygen atoms in total. The van der Waals surface area contributed by atoms with Gasteiger partial charge in [0, 0.05) is 0 Å². The Balaban J connectivity index is 2.79. The minimum atomic E-state index is -1.84. The molecule has 1 radical (unpaired) electrons. The number of ether oxygens (including phenoxy) is 1. The lowest BCUT2D eigenvalue weighted by Crippen LogP contribution is -2.36. The Labute approximate surface area is 84.9 Å². The third-order valence-corrected chi connectivity index (χ3v) is 1.55. The van der Waals surface area contributed by atoms with E-state index in [1.54, 1.807) is 0 Å². The quantitative estimate of drug-likeness (QED) is 0.682. The van der Waals surface area contributed by atoms with Crippen LogP contribution < -0.4 is 10.5 Å². The Morgan fingerprint density at radius 1 is 1.27 bits per heavy atom. The fourth-order valence-corrected chi connectivity index (χ4v) is 0.877. The molecule has 1 rings (SSSR count). The van der Waals surface area contributed by atoms with Crippen molar-refractivity contribution in [2.24, 2.45) is 0 Å². The Morgan fingerprint density at radius 2 is 1.80 bits per heavy atom. The molecule has 6 heteroatoms. The Hall–Kier alpha value is -2.24. The van der Waals surface area contributed by atoms with Gasteiger partial charge in [0.15, 0.2) is 0 Å². The van der Waals surface area contributed by atoms with E-state index in [2.05, 4.69) is 0 Å². The second-order valence-electron chi connectivity index (χ2n) is 2.69. The van der Waals surface area contributed by atoms with Crippen molar-refractivity contribution in [3.63, 3.8) is 0 Å². The van der Waals surface area contributed by atoms with Gasteiger partial charge in [-0.15, -0.1) is 0 Å². The summed E-state index contributed by atoms with van der Waals surface area (Å²) in [5, 5.41) is 17.5. The van der Waals surface area contributed by atoms with Crippen molar-refractivity contribution in [3.8, 4) is 11.5 Å². The molecule has 0 aliphatic heterocycles. The Morgan fingerprint density at radius 3 is 2.20 bits per heavy atom. The molecule has 79 valence electrons. The zero-order valence-electron chi connectivity index (χ0n) is 7.51. The molecule has 0 spiro atoms. The van der Waals surface area contributed by atoms with E-state index in [-0.39, 0.29) is 11.5 Å². The summed E-state index contributed by atoms with van der Waals surface area (Å²) in [7, 11) is 0. The van der Waals surface area contributed by atoms with Gasteiger partial charge in [-0.2, -0.15) is 0 Å². The maximum Gasteiger partial charge on any atom is 0.355 e. The first-order valence-electron chi connectivity index (χ1n) is 3.94. The first-order valence-corrected chi connectivity index (χ1v) is 3.94. The van der Waals surface area contributed by atoms with E-state index in [1.165, 1.54) is 24.3 Å². The van der Waals surface area contributed by atoms with Crippen LogP contribution in [-0.4, -0.2) is 28.2 Å².